The second kappa shape index (κ2) is 3.98. The number of carbonyl (C=O) groups is 1. The van der Waals surface area contributed by atoms with Gasteiger partial charge in [0.15, 0.2) is 0 Å². The molecule has 2 unspecified atom stereocenters. The van der Waals surface area contributed by atoms with Crippen molar-refractivity contribution in [3.63, 3.8) is 0 Å². The highest BCUT2D eigenvalue weighted by molar-refractivity contribution is 5.98. The lowest BCUT2D eigenvalue weighted by molar-refractivity contribution is 0.0684. The van der Waals surface area contributed by atoms with Crippen molar-refractivity contribution in [2.75, 3.05) is 0 Å². The SMILES string of the molecule is O=C(c1cc2ccccc2[nH]1)N1C2C=CCC1CC2. The van der Waals surface area contributed by atoms with Crippen molar-refractivity contribution in [3.05, 3.63) is 48.2 Å². The quantitative estimate of drug-likeness (QED) is 0.778. The largest absolute Gasteiger partial charge is 0.351 e. The smallest absolute Gasteiger partial charge is 0.271 e. The molecular formula is C16H16N2O. The summed E-state index contributed by atoms with van der Waals surface area (Å²) in [4.78, 5) is 18.0. The van der Waals surface area contributed by atoms with Crippen molar-refractivity contribution in [1.29, 1.82) is 0 Å². The number of nitrogens with zero attached hydrogens (tertiary/aromatic N) is 1. The van der Waals surface area contributed by atoms with Crippen molar-refractivity contribution in [3.8, 4) is 0 Å². The predicted molar refractivity (Wildman–Crippen MR) is 75.0 cm³/mol. The Balaban J connectivity index is 1.72. The average Bonchev–Trinajstić information content (AvgIpc) is 2.97. The zero-order valence-corrected chi connectivity index (χ0v) is 10.7. The van der Waals surface area contributed by atoms with E-state index < -0.39 is 0 Å². The summed E-state index contributed by atoms with van der Waals surface area (Å²) in [5.41, 5.74) is 1.75. The predicted octanol–water partition coefficient (Wildman–Crippen LogP) is 3.10. The Bertz CT molecular complexity index is 637. The molecule has 3 heterocycles. The van der Waals surface area contributed by atoms with Gasteiger partial charge in [0.1, 0.15) is 5.69 Å². The third-order valence-corrected chi connectivity index (χ3v) is 4.31. The number of aromatic nitrogens is 1. The molecule has 2 aromatic rings. The summed E-state index contributed by atoms with van der Waals surface area (Å²) in [5.74, 6) is 0.146. The monoisotopic (exact) mass is 252 g/mol. The van der Waals surface area contributed by atoms with E-state index in [9.17, 15) is 4.79 Å². The lowest BCUT2D eigenvalue weighted by Crippen LogP contribution is -2.42. The normalized spacial score (nSPS) is 25.2. The van der Waals surface area contributed by atoms with Crippen LogP contribution in [0.15, 0.2) is 42.5 Å². The Labute approximate surface area is 111 Å². The van der Waals surface area contributed by atoms with Gasteiger partial charge in [-0.05, 0) is 31.4 Å². The maximum atomic E-state index is 12.7. The summed E-state index contributed by atoms with van der Waals surface area (Å²) in [6.45, 7) is 0. The van der Waals surface area contributed by atoms with E-state index in [0.29, 0.717) is 17.8 Å². The highest BCUT2D eigenvalue weighted by Crippen LogP contribution is 2.33. The van der Waals surface area contributed by atoms with Crippen LogP contribution >= 0.6 is 0 Å². The molecule has 2 bridgehead atoms. The molecule has 3 heteroatoms. The first-order chi connectivity index (χ1) is 9.33. The van der Waals surface area contributed by atoms with Crippen LogP contribution in [-0.2, 0) is 0 Å². The van der Waals surface area contributed by atoms with Gasteiger partial charge in [0.25, 0.3) is 5.91 Å². The number of hydrogen-bond donors (Lipinski definition) is 1. The third kappa shape index (κ3) is 1.61. The summed E-state index contributed by atoms with van der Waals surface area (Å²) in [6.07, 6.45) is 7.64. The average molecular weight is 252 g/mol. The molecule has 0 radical (unpaired) electrons. The van der Waals surface area contributed by atoms with E-state index in [1.807, 2.05) is 30.3 Å². The summed E-state index contributed by atoms with van der Waals surface area (Å²) in [5, 5.41) is 1.10. The number of amides is 1. The molecule has 1 amide bonds. The summed E-state index contributed by atoms with van der Waals surface area (Å²) in [7, 11) is 0. The van der Waals surface area contributed by atoms with Crippen LogP contribution in [-0.4, -0.2) is 27.9 Å². The van der Waals surface area contributed by atoms with Gasteiger partial charge in [-0.15, -0.1) is 0 Å². The van der Waals surface area contributed by atoms with E-state index in [2.05, 4.69) is 22.0 Å². The minimum absolute atomic E-state index is 0.146. The fraction of sp³-hybridized carbons (Fsp3) is 0.312. The molecule has 1 N–H and O–H groups in total. The van der Waals surface area contributed by atoms with Crippen LogP contribution in [0, 0.1) is 0 Å². The Morgan fingerprint density at radius 3 is 3.00 bits per heavy atom. The molecule has 2 atom stereocenters. The Morgan fingerprint density at radius 1 is 1.26 bits per heavy atom. The first-order valence-corrected chi connectivity index (χ1v) is 6.90. The number of fused-ring (bicyclic) bond motifs is 3. The van der Waals surface area contributed by atoms with Crippen LogP contribution in [0.25, 0.3) is 10.9 Å². The molecule has 1 aromatic heterocycles. The van der Waals surface area contributed by atoms with Crippen molar-refractivity contribution in [1.82, 2.24) is 9.88 Å². The first-order valence-electron chi connectivity index (χ1n) is 6.90. The fourth-order valence-electron chi connectivity index (χ4n) is 3.37. The minimum Gasteiger partial charge on any atom is -0.351 e. The van der Waals surface area contributed by atoms with Gasteiger partial charge in [0, 0.05) is 16.9 Å². The summed E-state index contributed by atoms with van der Waals surface area (Å²) >= 11 is 0. The molecule has 4 rings (SSSR count). The van der Waals surface area contributed by atoms with Crippen LogP contribution in [0.1, 0.15) is 29.8 Å². The van der Waals surface area contributed by atoms with Gasteiger partial charge in [-0.1, -0.05) is 30.4 Å². The second-order valence-electron chi connectivity index (χ2n) is 5.45. The molecular weight excluding hydrogens is 236 g/mol. The van der Waals surface area contributed by atoms with E-state index in [1.54, 1.807) is 0 Å². The molecule has 1 saturated heterocycles. The number of para-hydroxylation sites is 1. The molecule has 0 saturated carbocycles. The lowest BCUT2D eigenvalue weighted by atomic mass is 10.1. The van der Waals surface area contributed by atoms with Gasteiger partial charge in [-0.25, -0.2) is 0 Å². The van der Waals surface area contributed by atoms with Gasteiger partial charge < -0.3 is 9.88 Å². The van der Waals surface area contributed by atoms with Gasteiger partial charge >= 0.3 is 0 Å². The van der Waals surface area contributed by atoms with E-state index in [4.69, 9.17) is 0 Å². The van der Waals surface area contributed by atoms with E-state index >= 15 is 0 Å². The molecule has 19 heavy (non-hydrogen) atoms. The highest BCUT2D eigenvalue weighted by atomic mass is 16.2. The Morgan fingerprint density at radius 2 is 2.16 bits per heavy atom. The summed E-state index contributed by atoms with van der Waals surface area (Å²) in [6, 6.07) is 10.7. The van der Waals surface area contributed by atoms with Crippen LogP contribution in [0.5, 0.6) is 0 Å². The second-order valence-corrected chi connectivity index (χ2v) is 5.45. The molecule has 0 aliphatic carbocycles. The molecule has 0 spiro atoms. The zero-order valence-electron chi connectivity index (χ0n) is 10.7. The lowest BCUT2D eigenvalue weighted by Gasteiger charge is -2.31. The highest BCUT2D eigenvalue weighted by Gasteiger charge is 2.37. The van der Waals surface area contributed by atoms with Crippen LogP contribution in [0.2, 0.25) is 0 Å². The number of benzene rings is 1. The Hall–Kier alpha value is -2.03. The van der Waals surface area contributed by atoms with Crippen molar-refractivity contribution >= 4 is 16.8 Å². The van der Waals surface area contributed by atoms with Gasteiger partial charge in [0.05, 0.1) is 6.04 Å². The number of aromatic amines is 1. The first kappa shape index (κ1) is 10.9. The van der Waals surface area contributed by atoms with Crippen LogP contribution < -0.4 is 0 Å². The maximum absolute atomic E-state index is 12.7. The molecule has 1 aromatic carbocycles. The Kier molecular flexibility index (Phi) is 2.28. The van der Waals surface area contributed by atoms with Gasteiger partial charge in [-0.3, -0.25) is 4.79 Å². The standard InChI is InChI=1S/C16H16N2O/c19-16(18-12-5-3-6-13(18)9-8-12)15-10-11-4-1-2-7-14(11)17-15/h1-5,7,10,12-13,17H,6,8-9H2. The fourth-order valence-corrected chi connectivity index (χ4v) is 3.37. The van der Waals surface area contributed by atoms with Crippen molar-refractivity contribution in [2.45, 2.75) is 31.3 Å². The number of H-pyrrole nitrogens is 1. The van der Waals surface area contributed by atoms with Gasteiger partial charge in [-0.2, -0.15) is 0 Å². The minimum atomic E-state index is 0.146. The van der Waals surface area contributed by atoms with E-state index in [0.717, 1.165) is 30.2 Å². The number of hydrogen-bond acceptors (Lipinski definition) is 1. The molecule has 2 aliphatic heterocycles. The van der Waals surface area contributed by atoms with Gasteiger partial charge in [0.2, 0.25) is 0 Å². The van der Waals surface area contributed by atoms with E-state index in [-0.39, 0.29) is 5.91 Å². The molecule has 3 nitrogen and oxygen atoms in total. The topological polar surface area (TPSA) is 36.1 Å². The third-order valence-electron chi connectivity index (χ3n) is 4.31. The van der Waals surface area contributed by atoms with Crippen molar-refractivity contribution < 1.29 is 4.79 Å². The molecule has 1 fully saturated rings. The summed E-state index contributed by atoms with van der Waals surface area (Å²) < 4.78 is 0. The number of carbonyl (C=O) groups excluding carboxylic acids is 1. The van der Waals surface area contributed by atoms with Crippen molar-refractivity contribution in [2.24, 2.45) is 0 Å². The molecule has 96 valence electrons. The molecule has 2 aliphatic rings. The number of rotatable bonds is 1. The maximum Gasteiger partial charge on any atom is 0.271 e. The number of nitrogens with one attached hydrogen (secondary N) is 1. The van der Waals surface area contributed by atoms with E-state index in [1.165, 1.54) is 0 Å². The van der Waals surface area contributed by atoms with Crippen LogP contribution in [0.4, 0.5) is 0 Å². The zero-order chi connectivity index (χ0) is 12.8. The van der Waals surface area contributed by atoms with Crippen LogP contribution in [0.3, 0.4) is 0 Å².